The molecule has 0 unspecified atom stereocenters. The minimum atomic E-state index is -0.409. The van der Waals surface area contributed by atoms with E-state index in [1.54, 1.807) is 40.3 Å². The molecule has 3 heterocycles. The van der Waals surface area contributed by atoms with Crippen molar-refractivity contribution in [1.82, 2.24) is 34.8 Å². The van der Waals surface area contributed by atoms with E-state index in [1.807, 2.05) is 39.0 Å². The number of pyridine rings is 1. The van der Waals surface area contributed by atoms with Crippen molar-refractivity contribution < 1.29 is 9.18 Å². The highest BCUT2D eigenvalue weighted by Gasteiger charge is 2.24. The Morgan fingerprint density at radius 1 is 1.12 bits per heavy atom. The predicted octanol–water partition coefficient (Wildman–Crippen LogP) is 3.80. The number of hydrogen-bond donors (Lipinski definition) is 0. The molecule has 3 aromatic heterocycles. The zero-order valence-corrected chi connectivity index (χ0v) is 18.7. The van der Waals surface area contributed by atoms with Gasteiger partial charge in [0.2, 0.25) is 0 Å². The first-order chi connectivity index (χ1) is 16.0. The maximum atomic E-state index is 13.6. The summed E-state index contributed by atoms with van der Waals surface area (Å²) in [5.41, 5.74) is 3.31. The molecule has 0 aliphatic carbocycles. The average molecular weight is 446 g/mol. The molecular weight excluding hydrogens is 421 g/mol. The predicted molar refractivity (Wildman–Crippen MR) is 122 cm³/mol. The molecule has 1 atom stereocenters. The summed E-state index contributed by atoms with van der Waals surface area (Å²) in [4.78, 5) is 28.1. The molecule has 0 fully saturated rings. The molecule has 9 heteroatoms. The van der Waals surface area contributed by atoms with Crippen LogP contribution in [0.5, 0.6) is 0 Å². The molecule has 0 aliphatic heterocycles. The van der Waals surface area contributed by atoms with Gasteiger partial charge in [0, 0.05) is 30.5 Å². The average Bonchev–Trinajstić information content (AvgIpc) is 3.28. The highest BCUT2D eigenvalue weighted by molar-refractivity contribution is 6.00. The molecule has 4 aromatic rings. The van der Waals surface area contributed by atoms with Crippen LogP contribution in [0, 0.1) is 12.7 Å². The quantitative estimate of drug-likeness (QED) is 0.430. The van der Waals surface area contributed by atoms with Crippen molar-refractivity contribution in [3.8, 4) is 22.8 Å². The summed E-state index contributed by atoms with van der Waals surface area (Å²) in [7, 11) is 0. The Kier molecular flexibility index (Phi) is 6.48. The van der Waals surface area contributed by atoms with Gasteiger partial charge in [-0.15, -0.1) is 5.10 Å². The highest BCUT2D eigenvalue weighted by Crippen LogP contribution is 2.24. The van der Waals surface area contributed by atoms with E-state index in [2.05, 4.69) is 25.3 Å². The molecule has 0 N–H and O–H groups in total. The topological polar surface area (TPSA) is 89.7 Å². The van der Waals surface area contributed by atoms with Gasteiger partial charge in [0.1, 0.15) is 11.5 Å². The molecule has 1 aromatic carbocycles. The van der Waals surface area contributed by atoms with Crippen LogP contribution in [0.2, 0.25) is 0 Å². The Labute approximate surface area is 191 Å². The van der Waals surface area contributed by atoms with E-state index in [9.17, 15) is 9.18 Å². The first kappa shape index (κ1) is 22.2. The third-order valence-corrected chi connectivity index (χ3v) is 5.33. The molecule has 0 saturated carbocycles. The van der Waals surface area contributed by atoms with Crippen LogP contribution in [-0.2, 0) is 6.54 Å². The lowest BCUT2D eigenvalue weighted by molar-refractivity contribution is 0.0685. The number of carbonyl (C=O) groups is 1. The Hall–Kier alpha value is -4.01. The number of aryl methyl sites for hydroxylation is 1. The number of rotatable bonds is 7. The number of likely N-dealkylation sites (N-methyl/N-ethyl adjacent to an activating group) is 1. The lowest BCUT2D eigenvalue weighted by Gasteiger charge is -2.28. The molecule has 8 nitrogen and oxygen atoms in total. The van der Waals surface area contributed by atoms with E-state index in [4.69, 9.17) is 0 Å². The van der Waals surface area contributed by atoms with Crippen molar-refractivity contribution in [3.63, 3.8) is 0 Å². The van der Waals surface area contributed by atoms with Crippen LogP contribution in [-0.4, -0.2) is 53.3 Å². The second-order valence-electron chi connectivity index (χ2n) is 7.75. The maximum absolute atomic E-state index is 13.6. The van der Waals surface area contributed by atoms with Gasteiger partial charge in [-0.2, -0.15) is 0 Å². The third-order valence-electron chi connectivity index (χ3n) is 5.33. The normalized spacial score (nSPS) is 11.9. The summed E-state index contributed by atoms with van der Waals surface area (Å²) in [6, 6.07) is 10.2. The minimum absolute atomic E-state index is 0.100. The van der Waals surface area contributed by atoms with Crippen LogP contribution in [0.25, 0.3) is 22.8 Å². The molecular formula is C24H24FN7O. The summed E-state index contributed by atoms with van der Waals surface area (Å²) in [6.07, 6.45) is 6.21. The fourth-order valence-corrected chi connectivity index (χ4v) is 3.68. The van der Waals surface area contributed by atoms with Gasteiger partial charge in [0.15, 0.2) is 5.82 Å². The number of halogens is 1. The number of nitrogens with zero attached hydrogens (tertiary/aromatic N) is 7. The number of carbonyl (C=O) groups excluding carboxylic acids is 1. The van der Waals surface area contributed by atoms with Crippen LogP contribution >= 0.6 is 0 Å². The third kappa shape index (κ3) is 4.92. The van der Waals surface area contributed by atoms with Crippen LogP contribution in [0.3, 0.4) is 0 Å². The van der Waals surface area contributed by atoms with Crippen LogP contribution < -0.4 is 0 Å². The van der Waals surface area contributed by atoms with Gasteiger partial charge in [0.05, 0.1) is 30.2 Å². The van der Waals surface area contributed by atoms with Crippen molar-refractivity contribution in [2.75, 3.05) is 6.54 Å². The largest absolute Gasteiger partial charge is 0.334 e. The maximum Gasteiger partial charge on any atom is 0.254 e. The van der Waals surface area contributed by atoms with Gasteiger partial charge in [-0.1, -0.05) is 22.9 Å². The number of benzene rings is 1. The summed E-state index contributed by atoms with van der Waals surface area (Å²) < 4.78 is 14.8. The van der Waals surface area contributed by atoms with E-state index in [0.717, 1.165) is 11.8 Å². The Balaban J connectivity index is 1.56. The number of aromatic nitrogens is 6. The zero-order chi connectivity index (χ0) is 23.4. The Morgan fingerprint density at radius 3 is 2.61 bits per heavy atom. The van der Waals surface area contributed by atoms with E-state index < -0.39 is 5.82 Å². The fraction of sp³-hybridized carbons (Fsp3) is 0.250. The summed E-state index contributed by atoms with van der Waals surface area (Å²) in [6.45, 7) is 6.82. The summed E-state index contributed by atoms with van der Waals surface area (Å²) in [5.74, 6) is 0.00208. The van der Waals surface area contributed by atoms with Crippen LogP contribution in [0.15, 0.2) is 61.2 Å². The van der Waals surface area contributed by atoms with Crippen molar-refractivity contribution in [3.05, 3.63) is 78.1 Å². The van der Waals surface area contributed by atoms with E-state index in [-0.39, 0.29) is 11.9 Å². The highest BCUT2D eigenvalue weighted by atomic mass is 19.1. The standard InChI is InChI=1S/C24H24FN7O/c1-4-32(17(3)14-31-15-22(29-30-31)21-9-7-18(25)13-28-21)24(33)20-12-16(2)6-8-19(20)23-26-10-5-11-27-23/h5-13,15,17H,4,14H2,1-3H3/t17-/m0/s1. The molecule has 0 saturated heterocycles. The zero-order valence-electron chi connectivity index (χ0n) is 18.7. The molecule has 0 spiro atoms. The molecule has 1 amide bonds. The van der Waals surface area contributed by atoms with Gasteiger partial charge in [-0.25, -0.2) is 19.0 Å². The lowest BCUT2D eigenvalue weighted by Crippen LogP contribution is -2.41. The molecule has 4 rings (SSSR count). The first-order valence-corrected chi connectivity index (χ1v) is 10.7. The molecule has 168 valence electrons. The lowest BCUT2D eigenvalue weighted by atomic mass is 10.0. The monoisotopic (exact) mass is 445 g/mol. The Bertz CT molecular complexity index is 1240. The number of amides is 1. The molecule has 0 radical (unpaired) electrons. The first-order valence-electron chi connectivity index (χ1n) is 10.7. The smallest absolute Gasteiger partial charge is 0.254 e. The SMILES string of the molecule is CCN(C(=O)c1cc(C)ccc1-c1ncccn1)[C@@H](C)Cn1cc(-c2ccc(F)cn2)nn1. The van der Waals surface area contributed by atoms with Crippen molar-refractivity contribution in [1.29, 1.82) is 0 Å². The van der Waals surface area contributed by atoms with Crippen molar-refractivity contribution in [2.24, 2.45) is 0 Å². The van der Waals surface area contributed by atoms with Crippen LogP contribution in [0.1, 0.15) is 29.8 Å². The van der Waals surface area contributed by atoms with Gasteiger partial charge in [-0.05, 0) is 45.0 Å². The number of hydrogen-bond acceptors (Lipinski definition) is 6. The summed E-state index contributed by atoms with van der Waals surface area (Å²) >= 11 is 0. The Morgan fingerprint density at radius 2 is 1.91 bits per heavy atom. The van der Waals surface area contributed by atoms with Gasteiger partial charge in [0.25, 0.3) is 5.91 Å². The van der Waals surface area contributed by atoms with Gasteiger partial charge >= 0.3 is 0 Å². The van der Waals surface area contributed by atoms with Crippen molar-refractivity contribution in [2.45, 2.75) is 33.4 Å². The summed E-state index contributed by atoms with van der Waals surface area (Å²) in [5, 5.41) is 8.29. The van der Waals surface area contributed by atoms with Gasteiger partial charge < -0.3 is 4.90 Å². The van der Waals surface area contributed by atoms with E-state index in [0.29, 0.717) is 41.4 Å². The van der Waals surface area contributed by atoms with Crippen LogP contribution in [0.4, 0.5) is 4.39 Å². The second-order valence-corrected chi connectivity index (χ2v) is 7.75. The molecule has 33 heavy (non-hydrogen) atoms. The van der Waals surface area contributed by atoms with E-state index in [1.165, 1.54) is 6.07 Å². The van der Waals surface area contributed by atoms with Gasteiger partial charge in [-0.3, -0.25) is 9.78 Å². The fourth-order valence-electron chi connectivity index (χ4n) is 3.68. The van der Waals surface area contributed by atoms with Crippen molar-refractivity contribution >= 4 is 5.91 Å². The molecule has 0 aliphatic rings. The molecule has 0 bridgehead atoms. The minimum Gasteiger partial charge on any atom is -0.334 e. The second kappa shape index (κ2) is 9.64. The van der Waals surface area contributed by atoms with E-state index >= 15 is 0 Å².